The highest BCUT2D eigenvalue weighted by Crippen LogP contribution is 2.21. The van der Waals surface area contributed by atoms with Gasteiger partial charge in [0.2, 0.25) is 0 Å². The summed E-state index contributed by atoms with van der Waals surface area (Å²) in [4.78, 5) is 0. The summed E-state index contributed by atoms with van der Waals surface area (Å²) in [6.07, 6.45) is 0. The van der Waals surface area contributed by atoms with Crippen LogP contribution in [0, 0.1) is 5.82 Å². The van der Waals surface area contributed by atoms with E-state index in [1.54, 1.807) is 6.07 Å². The summed E-state index contributed by atoms with van der Waals surface area (Å²) in [5.41, 5.74) is 0.827. The second-order valence-electron chi connectivity index (χ2n) is 5.78. The molecular formula is C15H18BrFN2O2. The Morgan fingerprint density at radius 2 is 2.05 bits per heavy atom. The number of rotatable bonds is 5. The fourth-order valence-corrected chi connectivity index (χ4v) is 2.07. The molecule has 0 atom stereocenters. The summed E-state index contributed by atoms with van der Waals surface area (Å²) < 4.78 is 24.5. The molecule has 2 aromatic rings. The average molecular weight is 357 g/mol. The number of ether oxygens (including phenoxy) is 1. The standard InChI is InChI=1S/C15H18BrFN2O2/c1-15(2,3)18-8-12-7-14(21-19-12)9-20-13-5-10(16)4-11(17)6-13/h4-7,18H,8-9H2,1-3H3. The molecule has 0 aliphatic rings. The molecule has 0 saturated carbocycles. The monoisotopic (exact) mass is 356 g/mol. The van der Waals surface area contributed by atoms with Gasteiger partial charge in [-0.05, 0) is 32.9 Å². The van der Waals surface area contributed by atoms with E-state index in [4.69, 9.17) is 9.26 Å². The molecule has 0 aliphatic carbocycles. The Morgan fingerprint density at radius 1 is 1.29 bits per heavy atom. The third-order valence-corrected chi connectivity index (χ3v) is 3.08. The molecule has 1 heterocycles. The second-order valence-corrected chi connectivity index (χ2v) is 6.70. The highest BCUT2D eigenvalue weighted by Gasteiger charge is 2.11. The molecule has 0 aliphatic heterocycles. The number of hydrogen-bond acceptors (Lipinski definition) is 4. The Bertz CT molecular complexity index is 588. The van der Waals surface area contributed by atoms with Crippen LogP contribution >= 0.6 is 15.9 Å². The van der Waals surface area contributed by atoms with Crippen LogP contribution in [0.25, 0.3) is 0 Å². The molecule has 21 heavy (non-hydrogen) atoms. The van der Waals surface area contributed by atoms with Gasteiger partial charge >= 0.3 is 0 Å². The van der Waals surface area contributed by atoms with Gasteiger partial charge in [-0.25, -0.2) is 4.39 Å². The summed E-state index contributed by atoms with van der Waals surface area (Å²) in [6.45, 7) is 7.08. The largest absolute Gasteiger partial charge is 0.485 e. The van der Waals surface area contributed by atoms with Gasteiger partial charge in [-0.15, -0.1) is 0 Å². The van der Waals surface area contributed by atoms with Crippen LogP contribution in [0.2, 0.25) is 0 Å². The fraction of sp³-hybridized carbons (Fsp3) is 0.400. The molecule has 0 fully saturated rings. The topological polar surface area (TPSA) is 47.3 Å². The number of benzene rings is 1. The first-order chi connectivity index (χ1) is 9.82. The maximum Gasteiger partial charge on any atom is 0.174 e. The molecule has 4 nitrogen and oxygen atoms in total. The molecule has 1 N–H and O–H groups in total. The number of aromatic nitrogens is 1. The maximum atomic E-state index is 13.2. The average Bonchev–Trinajstić information content (AvgIpc) is 2.80. The van der Waals surface area contributed by atoms with Crippen LogP contribution < -0.4 is 10.1 Å². The fourth-order valence-electron chi connectivity index (χ4n) is 1.63. The lowest BCUT2D eigenvalue weighted by Gasteiger charge is -2.19. The van der Waals surface area contributed by atoms with Crippen molar-refractivity contribution in [2.75, 3.05) is 0 Å². The van der Waals surface area contributed by atoms with Crippen LogP contribution in [0.1, 0.15) is 32.2 Å². The third-order valence-electron chi connectivity index (χ3n) is 2.62. The lowest BCUT2D eigenvalue weighted by Crippen LogP contribution is -2.35. The number of hydrogen-bond donors (Lipinski definition) is 1. The quantitative estimate of drug-likeness (QED) is 0.877. The van der Waals surface area contributed by atoms with Crippen molar-refractivity contribution in [1.29, 1.82) is 0 Å². The van der Waals surface area contributed by atoms with Gasteiger partial charge in [0, 0.05) is 28.7 Å². The van der Waals surface area contributed by atoms with E-state index in [0.29, 0.717) is 22.5 Å². The van der Waals surface area contributed by atoms with Crippen LogP contribution in [0.3, 0.4) is 0 Å². The Kier molecular flexibility index (Phi) is 5.00. The van der Waals surface area contributed by atoms with Crippen LogP contribution in [-0.4, -0.2) is 10.7 Å². The molecule has 0 unspecified atom stereocenters. The number of nitrogens with zero attached hydrogens (tertiary/aromatic N) is 1. The van der Waals surface area contributed by atoms with Gasteiger partial charge in [-0.2, -0.15) is 0 Å². The zero-order valence-electron chi connectivity index (χ0n) is 12.2. The summed E-state index contributed by atoms with van der Waals surface area (Å²) in [7, 11) is 0. The van der Waals surface area contributed by atoms with Crippen molar-refractivity contribution < 1.29 is 13.7 Å². The second kappa shape index (κ2) is 6.58. The van der Waals surface area contributed by atoms with Crippen LogP contribution in [0.5, 0.6) is 5.75 Å². The van der Waals surface area contributed by atoms with Crippen molar-refractivity contribution in [2.45, 2.75) is 39.5 Å². The SMILES string of the molecule is CC(C)(C)NCc1cc(COc2cc(F)cc(Br)c2)on1. The molecule has 6 heteroatoms. The number of halogens is 2. The van der Waals surface area contributed by atoms with E-state index in [2.05, 4.69) is 47.2 Å². The molecule has 1 aromatic heterocycles. The zero-order chi connectivity index (χ0) is 15.5. The van der Waals surface area contributed by atoms with E-state index in [-0.39, 0.29) is 18.0 Å². The number of nitrogens with one attached hydrogen (secondary N) is 1. The van der Waals surface area contributed by atoms with Crippen molar-refractivity contribution in [2.24, 2.45) is 0 Å². The summed E-state index contributed by atoms with van der Waals surface area (Å²) in [6, 6.07) is 6.22. The lowest BCUT2D eigenvalue weighted by molar-refractivity contribution is 0.247. The molecule has 1 aromatic carbocycles. The first-order valence-corrected chi connectivity index (χ1v) is 7.39. The van der Waals surface area contributed by atoms with E-state index in [1.165, 1.54) is 12.1 Å². The van der Waals surface area contributed by atoms with E-state index in [1.807, 2.05) is 6.07 Å². The van der Waals surface area contributed by atoms with Gasteiger partial charge in [-0.1, -0.05) is 21.1 Å². The van der Waals surface area contributed by atoms with Gasteiger partial charge < -0.3 is 14.6 Å². The Hall–Kier alpha value is -1.40. The van der Waals surface area contributed by atoms with Crippen LogP contribution in [-0.2, 0) is 13.2 Å². The Balaban J connectivity index is 1.90. The van der Waals surface area contributed by atoms with Gasteiger partial charge in [0.25, 0.3) is 0 Å². The van der Waals surface area contributed by atoms with Gasteiger partial charge in [0.1, 0.15) is 18.2 Å². The van der Waals surface area contributed by atoms with Gasteiger partial charge in [-0.3, -0.25) is 0 Å². The minimum atomic E-state index is -0.355. The molecule has 0 bridgehead atoms. The Labute approximate surface area is 131 Å². The van der Waals surface area contributed by atoms with Crippen molar-refractivity contribution >= 4 is 15.9 Å². The van der Waals surface area contributed by atoms with Crippen LogP contribution in [0.4, 0.5) is 4.39 Å². The maximum absolute atomic E-state index is 13.2. The normalized spacial score (nSPS) is 11.7. The minimum absolute atomic E-state index is 0.0173. The summed E-state index contributed by atoms with van der Waals surface area (Å²) in [5, 5.41) is 7.29. The minimum Gasteiger partial charge on any atom is -0.485 e. The molecule has 114 valence electrons. The smallest absolute Gasteiger partial charge is 0.174 e. The lowest BCUT2D eigenvalue weighted by atomic mass is 10.1. The molecular weight excluding hydrogens is 339 g/mol. The molecule has 0 radical (unpaired) electrons. The predicted molar refractivity (Wildman–Crippen MR) is 81.5 cm³/mol. The molecule has 2 rings (SSSR count). The van der Waals surface area contributed by atoms with E-state index in [9.17, 15) is 4.39 Å². The molecule has 0 amide bonds. The predicted octanol–water partition coefficient (Wildman–Crippen LogP) is 4.04. The first kappa shape index (κ1) is 16.0. The molecule has 0 saturated heterocycles. The van der Waals surface area contributed by atoms with Crippen molar-refractivity contribution in [1.82, 2.24) is 10.5 Å². The molecule has 0 spiro atoms. The van der Waals surface area contributed by atoms with E-state index >= 15 is 0 Å². The highest BCUT2D eigenvalue weighted by molar-refractivity contribution is 9.10. The third kappa shape index (κ3) is 5.47. The van der Waals surface area contributed by atoms with Gasteiger partial charge in [0.05, 0.1) is 5.69 Å². The summed E-state index contributed by atoms with van der Waals surface area (Å²) >= 11 is 3.22. The van der Waals surface area contributed by atoms with E-state index in [0.717, 1.165) is 5.69 Å². The Morgan fingerprint density at radius 3 is 2.71 bits per heavy atom. The van der Waals surface area contributed by atoms with Crippen molar-refractivity contribution in [3.8, 4) is 5.75 Å². The highest BCUT2D eigenvalue weighted by atomic mass is 79.9. The van der Waals surface area contributed by atoms with Crippen LogP contribution in [0.15, 0.2) is 33.3 Å². The van der Waals surface area contributed by atoms with Crippen molar-refractivity contribution in [3.63, 3.8) is 0 Å². The van der Waals surface area contributed by atoms with E-state index < -0.39 is 0 Å². The summed E-state index contributed by atoms with van der Waals surface area (Å²) in [5.74, 6) is 0.681. The van der Waals surface area contributed by atoms with Gasteiger partial charge in [0.15, 0.2) is 5.76 Å². The first-order valence-electron chi connectivity index (χ1n) is 6.60. The zero-order valence-corrected chi connectivity index (χ0v) is 13.8. The van der Waals surface area contributed by atoms with Crippen molar-refractivity contribution in [3.05, 3.63) is 46.0 Å².